The molecule has 1 heteroatoms. The van der Waals surface area contributed by atoms with Gasteiger partial charge < -0.3 is 0 Å². The average Bonchev–Trinajstić information content (AvgIpc) is 2.45. The van der Waals surface area contributed by atoms with E-state index >= 15 is 0 Å². The van der Waals surface area contributed by atoms with Gasteiger partial charge in [0.15, 0.2) is 0 Å². The molecule has 19 heavy (non-hydrogen) atoms. The molecule has 1 unspecified atom stereocenters. The number of carbonyl (C=O) groups excluding carboxylic acids is 1. The summed E-state index contributed by atoms with van der Waals surface area (Å²) in [4.78, 5) is 11.7. The zero-order chi connectivity index (χ0) is 13.3. The summed E-state index contributed by atoms with van der Waals surface area (Å²) in [6, 6.07) is 10.1. The molecule has 1 saturated carbocycles. The number of benzene rings is 1. The Balaban J connectivity index is 1.62. The van der Waals surface area contributed by atoms with Crippen LogP contribution in [0.25, 0.3) is 0 Å². The van der Waals surface area contributed by atoms with Crippen LogP contribution in [-0.4, -0.2) is 5.78 Å². The van der Waals surface area contributed by atoms with E-state index in [4.69, 9.17) is 0 Å². The van der Waals surface area contributed by atoms with Gasteiger partial charge in [-0.3, -0.25) is 4.79 Å². The highest BCUT2D eigenvalue weighted by atomic mass is 16.1. The van der Waals surface area contributed by atoms with Crippen LogP contribution in [0.5, 0.6) is 0 Å². The maximum absolute atomic E-state index is 11.7. The van der Waals surface area contributed by atoms with Gasteiger partial charge in [-0.2, -0.15) is 0 Å². The summed E-state index contributed by atoms with van der Waals surface area (Å²) in [5, 5.41) is 0. The van der Waals surface area contributed by atoms with Crippen LogP contribution in [0.2, 0.25) is 0 Å². The second kappa shape index (κ2) is 7.79. The Labute approximate surface area is 116 Å². The Morgan fingerprint density at radius 2 is 1.95 bits per heavy atom. The minimum absolute atomic E-state index is 0.357. The van der Waals surface area contributed by atoms with E-state index in [0.29, 0.717) is 11.7 Å². The molecule has 0 N–H and O–H groups in total. The van der Waals surface area contributed by atoms with Crippen molar-refractivity contribution < 1.29 is 4.79 Å². The van der Waals surface area contributed by atoms with Crippen LogP contribution in [0.15, 0.2) is 30.3 Å². The molecule has 1 aliphatic carbocycles. The van der Waals surface area contributed by atoms with Crippen LogP contribution in [0, 0.1) is 17.8 Å². The molecule has 0 saturated heterocycles. The third-order valence-electron chi connectivity index (χ3n) is 3.79. The van der Waals surface area contributed by atoms with Crippen molar-refractivity contribution in [3.05, 3.63) is 35.9 Å². The first-order valence-electron chi connectivity index (χ1n) is 7.43. The SMILES string of the molecule is O=C1CCCCC1CCCCC#Cc1ccccc1. The quantitative estimate of drug-likeness (QED) is 0.576. The summed E-state index contributed by atoms with van der Waals surface area (Å²) < 4.78 is 0. The first kappa shape index (κ1) is 13.9. The molecule has 2 rings (SSSR count). The summed E-state index contributed by atoms with van der Waals surface area (Å²) >= 11 is 0. The topological polar surface area (TPSA) is 17.1 Å². The lowest BCUT2D eigenvalue weighted by molar-refractivity contribution is -0.124. The fourth-order valence-corrected chi connectivity index (χ4v) is 2.65. The Kier molecular flexibility index (Phi) is 5.69. The van der Waals surface area contributed by atoms with E-state index in [2.05, 4.69) is 11.8 Å². The zero-order valence-electron chi connectivity index (χ0n) is 11.5. The second-order valence-corrected chi connectivity index (χ2v) is 5.32. The number of ketones is 1. The predicted molar refractivity (Wildman–Crippen MR) is 78.8 cm³/mol. The van der Waals surface area contributed by atoms with Gasteiger partial charge in [0, 0.05) is 24.3 Å². The Bertz CT molecular complexity index is 450. The molecule has 1 fully saturated rings. The predicted octanol–water partition coefficient (Wildman–Crippen LogP) is 4.36. The number of hydrogen-bond acceptors (Lipinski definition) is 1. The van der Waals surface area contributed by atoms with E-state index in [1.807, 2.05) is 30.3 Å². The van der Waals surface area contributed by atoms with Crippen molar-refractivity contribution in [1.29, 1.82) is 0 Å². The van der Waals surface area contributed by atoms with Crippen LogP contribution in [-0.2, 0) is 4.79 Å². The maximum atomic E-state index is 11.7. The minimum Gasteiger partial charge on any atom is -0.299 e. The highest BCUT2D eigenvalue weighted by Gasteiger charge is 2.20. The van der Waals surface area contributed by atoms with E-state index in [1.54, 1.807) is 0 Å². The highest BCUT2D eigenvalue weighted by Crippen LogP contribution is 2.25. The van der Waals surface area contributed by atoms with Crippen molar-refractivity contribution in [2.75, 3.05) is 0 Å². The molecule has 0 aliphatic heterocycles. The first-order chi connectivity index (χ1) is 9.36. The maximum Gasteiger partial charge on any atom is 0.135 e. The molecular weight excluding hydrogens is 232 g/mol. The first-order valence-corrected chi connectivity index (χ1v) is 7.43. The number of carbonyl (C=O) groups is 1. The van der Waals surface area contributed by atoms with Gasteiger partial charge in [0.2, 0.25) is 0 Å². The van der Waals surface area contributed by atoms with Gasteiger partial charge in [0.25, 0.3) is 0 Å². The number of hydrogen-bond donors (Lipinski definition) is 0. The van der Waals surface area contributed by atoms with Gasteiger partial charge in [-0.05, 0) is 37.8 Å². The van der Waals surface area contributed by atoms with Gasteiger partial charge in [0.1, 0.15) is 5.78 Å². The monoisotopic (exact) mass is 254 g/mol. The Hall–Kier alpha value is -1.55. The third-order valence-corrected chi connectivity index (χ3v) is 3.79. The number of Topliss-reactive ketones (excluding diaryl/α,β-unsaturated/α-hetero) is 1. The lowest BCUT2D eigenvalue weighted by atomic mass is 9.84. The number of rotatable bonds is 4. The van der Waals surface area contributed by atoms with Crippen molar-refractivity contribution in [2.24, 2.45) is 5.92 Å². The normalized spacial score (nSPS) is 18.7. The second-order valence-electron chi connectivity index (χ2n) is 5.32. The zero-order valence-corrected chi connectivity index (χ0v) is 11.5. The van der Waals surface area contributed by atoms with E-state index in [9.17, 15) is 4.79 Å². The summed E-state index contributed by atoms with van der Waals surface area (Å²) in [5.74, 6) is 7.25. The van der Waals surface area contributed by atoms with Crippen molar-refractivity contribution >= 4 is 5.78 Å². The Morgan fingerprint density at radius 1 is 1.11 bits per heavy atom. The lowest BCUT2D eigenvalue weighted by Gasteiger charge is -2.19. The van der Waals surface area contributed by atoms with Crippen molar-refractivity contribution in [2.45, 2.75) is 51.4 Å². The molecule has 0 bridgehead atoms. The van der Waals surface area contributed by atoms with E-state index in [1.165, 1.54) is 6.42 Å². The molecule has 0 aromatic heterocycles. The van der Waals surface area contributed by atoms with Crippen molar-refractivity contribution in [1.82, 2.24) is 0 Å². The molecule has 0 radical (unpaired) electrons. The third kappa shape index (κ3) is 4.91. The van der Waals surface area contributed by atoms with Crippen molar-refractivity contribution in [3.8, 4) is 11.8 Å². The van der Waals surface area contributed by atoms with Gasteiger partial charge in [-0.1, -0.05) is 42.9 Å². The van der Waals surface area contributed by atoms with Gasteiger partial charge >= 0.3 is 0 Å². The largest absolute Gasteiger partial charge is 0.299 e. The summed E-state index contributed by atoms with van der Waals surface area (Å²) in [7, 11) is 0. The molecular formula is C18H22O. The van der Waals surface area contributed by atoms with Crippen LogP contribution in [0.4, 0.5) is 0 Å². The van der Waals surface area contributed by atoms with Crippen LogP contribution in [0.1, 0.15) is 56.9 Å². The molecule has 1 aliphatic rings. The molecule has 1 aromatic rings. The minimum atomic E-state index is 0.357. The molecule has 0 amide bonds. The highest BCUT2D eigenvalue weighted by molar-refractivity contribution is 5.81. The summed E-state index contributed by atoms with van der Waals surface area (Å²) in [6.07, 6.45) is 8.56. The van der Waals surface area contributed by atoms with Gasteiger partial charge in [-0.15, -0.1) is 0 Å². The summed E-state index contributed by atoms with van der Waals surface area (Å²) in [6.45, 7) is 0. The molecule has 100 valence electrons. The van der Waals surface area contributed by atoms with Crippen LogP contribution in [0.3, 0.4) is 0 Å². The van der Waals surface area contributed by atoms with E-state index in [0.717, 1.165) is 50.5 Å². The summed E-state index contributed by atoms with van der Waals surface area (Å²) in [5.41, 5.74) is 1.09. The molecule has 0 spiro atoms. The standard InChI is InChI=1S/C18H22O/c19-18-15-9-8-14-17(18)13-7-2-1-4-10-16-11-5-3-6-12-16/h3,5-6,11-12,17H,1-2,7-9,13-15H2. The molecule has 1 nitrogen and oxygen atoms in total. The Morgan fingerprint density at radius 3 is 2.74 bits per heavy atom. The lowest BCUT2D eigenvalue weighted by Crippen LogP contribution is -2.18. The van der Waals surface area contributed by atoms with Crippen molar-refractivity contribution in [3.63, 3.8) is 0 Å². The van der Waals surface area contributed by atoms with E-state index < -0.39 is 0 Å². The van der Waals surface area contributed by atoms with Crippen LogP contribution >= 0.6 is 0 Å². The van der Waals surface area contributed by atoms with Crippen LogP contribution < -0.4 is 0 Å². The fraction of sp³-hybridized carbons (Fsp3) is 0.500. The fourth-order valence-electron chi connectivity index (χ4n) is 2.65. The molecule has 0 heterocycles. The number of unbranched alkanes of at least 4 members (excludes halogenated alkanes) is 2. The van der Waals surface area contributed by atoms with Gasteiger partial charge in [0.05, 0.1) is 0 Å². The average molecular weight is 254 g/mol. The van der Waals surface area contributed by atoms with Gasteiger partial charge in [-0.25, -0.2) is 0 Å². The van der Waals surface area contributed by atoms with E-state index in [-0.39, 0.29) is 0 Å². The molecule has 1 aromatic carbocycles. The smallest absolute Gasteiger partial charge is 0.135 e. The molecule has 1 atom stereocenters.